The molecule has 2 aromatic rings. The Morgan fingerprint density at radius 2 is 1.57 bits per heavy atom. The summed E-state index contributed by atoms with van der Waals surface area (Å²) in [5, 5.41) is 2.49. The van der Waals surface area contributed by atoms with Crippen molar-refractivity contribution >= 4 is 7.75 Å². The second kappa shape index (κ2) is 10.2. The topological polar surface area (TPSA) is 73.6 Å². The molecular weight excluding hydrogens is 395 g/mol. The zero-order chi connectivity index (χ0) is 21.6. The molecule has 0 unspecified atom stereocenters. The molecule has 0 spiro atoms. The van der Waals surface area contributed by atoms with Crippen molar-refractivity contribution in [3.05, 3.63) is 70.8 Å². The van der Waals surface area contributed by atoms with Gasteiger partial charge in [-0.15, -0.1) is 0 Å². The Labute approximate surface area is 180 Å². The normalized spacial score (nSPS) is 21.4. The second-order valence-corrected chi connectivity index (χ2v) is 9.76. The molecule has 0 aromatic heterocycles. The molecule has 0 radical (unpaired) electrons. The molecular formula is C24H35N2O3P. The van der Waals surface area contributed by atoms with Crippen LogP contribution in [0.4, 0.5) is 0 Å². The zero-order valence-corrected chi connectivity index (χ0v) is 19.3. The zero-order valence-electron chi connectivity index (χ0n) is 18.4. The van der Waals surface area contributed by atoms with E-state index < -0.39 is 7.75 Å². The van der Waals surface area contributed by atoms with Crippen LogP contribution in [0.2, 0.25) is 0 Å². The molecule has 0 atom stereocenters. The van der Waals surface area contributed by atoms with Crippen molar-refractivity contribution in [2.24, 2.45) is 5.73 Å². The SMILES string of the molecule is CCOP(=O)(NC)OCC.NCCCC12CCC(c3ccccc31)c1ccccc12. The number of nitrogens with one attached hydrogen (secondary N) is 1. The number of rotatable bonds is 8. The van der Waals surface area contributed by atoms with Crippen molar-refractivity contribution in [1.82, 2.24) is 5.09 Å². The summed E-state index contributed by atoms with van der Waals surface area (Å²) in [6, 6.07) is 18.2. The largest absolute Gasteiger partial charge is 0.405 e. The van der Waals surface area contributed by atoms with Crippen molar-refractivity contribution in [2.75, 3.05) is 26.8 Å². The van der Waals surface area contributed by atoms with Crippen LogP contribution in [0.5, 0.6) is 0 Å². The van der Waals surface area contributed by atoms with Crippen molar-refractivity contribution in [1.29, 1.82) is 0 Å². The fourth-order valence-electron chi connectivity index (χ4n) is 5.06. The average molecular weight is 431 g/mol. The molecule has 164 valence electrons. The fraction of sp³-hybridized carbons (Fsp3) is 0.500. The molecule has 0 saturated heterocycles. The molecule has 0 amide bonds. The smallest absolute Gasteiger partial charge is 0.330 e. The molecule has 5 nitrogen and oxygen atoms in total. The third kappa shape index (κ3) is 4.42. The third-order valence-corrected chi connectivity index (χ3v) is 7.99. The van der Waals surface area contributed by atoms with Crippen molar-refractivity contribution in [3.63, 3.8) is 0 Å². The first kappa shape index (κ1) is 23.2. The van der Waals surface area contributed by atoms with Crippen molar-refractivity contribution in [2.45, 2.75) is 50.9 Å². The fourth-order valence-corrected chi connectivity index (χ4v) is 6.07. The van der Waals surface area contributed by atoms with Gasteiger partial charge in [0.1, 0.15) is 0 Å². The van der Waals surface area contributed by atoms with Crippen LogP contribution in [0, 0.1) is 0 Å². The molecule has 3 aliphatic rings. The molecule has 3 aliphatic carbocycles. The molecule has 0 saturated carbocycles. The highest BCUT2D eigenvalue weighted by Gasteiger charge is 2.47. The van der Waals surface area contributed by atoms with Gasteiger partial charge in [-0.05, 0) is 75.4 Å². The lowest BCUT2D eigenvalue weighted by atomic mass is 9.54. The van der Waals surface area contributed by atoms with Gasteiger partial charge >= 0.3 is 7.75 Å². The summed E-state index contributed by atoms with van der Waals surface area (Å²) in [6.45, 7) is 5.10. The van der Waals surface area contributed by atoms with Gasteiger partial charge in [0.15, 0.2) is 0 Å². The van der Waals surface area contributed by atoms with Crippen molar-refractivity contribution in [3.8, 4) is 0 Å². The lowest BCUT2D eigenvalue weighted by Gasteiger charge is -2.49. The van der Waals surface area contributed by atoms with Crippen LogP contribution in [0.25, 0.3) is 0 Å². The predicted molar refractivity (Wildman–Crippen MR) is 123 cm³/mol. The molecule has 0 heterocycles. The Hall–Kier alpha value is -1.49. The number of hydrogen-bond donors (Lipinski definition) is 2. The highest BCUT2D eigenvalue weighted by atomic mass is 31.2. The summed E-state index contributed by atoms with van der Waals surface area (Å²) >= 11 is 0. The van der Waals surface area contributed by atoms with Gasteiger partial charge in [-0.1, -0.05) is 48.5 Å². The van der Waals surface area contributed by atoms with Crippen LogP contribution in [0.3, 0.4) is 0 Å². The molecule has 30 heavy (non-hydrogen) atoms. The Morgan fingerprint density at radius 1 is 1.03 bits per heavy atom. The lowest BCUT2D eigenvalue weighted by molar-refractivity contribution is 0.213. The molecule has 2 bridgehead atoms. The summed E-state index contributed by atoms with van der Waals surface area (Å²) < 4.78 is 20.9. The summed E-state index contributed by atoms with van der Waals surface area (Å²) in [4.78, 5) is 0. The maximum absolute atomic E-state index is 11.2. The first-order valence-electron chi connectivity index (χ1n) is 11.0. The van der Waals surface area contributed by atoms with E-state index in [9.17, 15) is 4.57 Å². The minimum Gasteiger partial charge on any atom is -0.330 e. The van der Waals surface area contributed by atoms with E-state index in [0.717, 1.165) is 13.0 Å². The minimum atomic E-state index is -2.95. The quantitative estimate of drug-likeness (QED) is 0.553. The lowest BCUT2D eigenvalue weighted by Crippen LogP contribution is -2.40. The maximum atomic E-state index is 11.2. The molecule has 5 rings (SSSR count). The molecule has 3 N–H and O–H groups in total. The first-order chi connectivity index (χ1) is 14.5. The van der Waals surface area contributed by atoms with E-state index in [1.54, 1.807) is 43.1 Å². The molecule has 6 heteroatoms. The van der Waals surface area contributed by atoms with Crippen molar-refractivity contribution < 1.29 is 13.6 Å². The van der Waals surface area contributed by atoms with Crippen LogP contribution in [-0.2, 0) is 19.0 Å². The number of hydrogen-bond acceptors (Lipinski definition) is 4. The number of nitrogens with two attached hydrogens (primary N) is 1. The van der Waals surface area contributed by atoms with Gasteiger partial charge in [-0.2, -0.15) is 0 Å². The van der Waals surface area contributed by atoms with Gasteiger partial charge in [0.2, 0.25) is 0 Å². The standard InChI is InChI=1S/C19H21N.C5H14NO3P/c20-13-5-11-19-12-10-14(15-6-1-3-8-17(15)19)16-7-2-4-9-18(16)19;1-4-8-10(7,6-3)9-5-2/h1-4,6-9,14H,5,10-13,20H2;4-5H2,1-3H3,(H,6,7). The number of benzene rings is 2. The summed E-state index contributed by atoms with van der Waals surface area (Å²) in [5.41, 5.74) is 12.3. The first-order valence-corrected chi connectivity index (χ1v) is 12.6. The van der Waals surface area contributed by atoms with E-state index in [0.29, 0.717) is 19.1 Å². The molecule has 0 aliphatic heterocycles. The Morgan fingerprint density at radius 3 is 2.03 bits per heavy atom. The summed E-state index contributed by atoms with van der Waals surface area (Å²) in [6.07, 6.45) is 4.86. The van der Waals surface area contributed by atoms with E-state index in [4.69, 9.17) is 14.8 Å². The third-order valence-electron chi connectivity index (χ3n) is 6.24. The molecule has 2 aromatic carbocycles. The van der Waals surface area contributed by atoms with E-state index in [1.165, 1.54) is 19.3 Å². The summed E-state index contributed by atoms with van der Waals surface area (Å²) in [7, 11) is -1.40. The highest BCUT2D eigenvalue weighted by Crippen LogP contribution is 2.57. The van der Waals surface area contributed by atoms with Gasteiger partial charge in [0.25, 0.3) is 0 Å². The Balaban J connectivity index is 0.000000220. The molecule has 0 fully saturated rings. The number of fused-ring (bicyclic) bond motifs is 1. The summed E-state index contributed by atoms with van der Waals surface area (Å²) in [5.74, 6) is 0.613. The Bertz CT molecular complexity index is 829. The maximum Gasteiger partial charge on any atom is 0.405 e. The van der Waals surface area contributed by atoms with Gasteiger partial charge in [-0.3, -0.25) is 9.05 Å². The van der Waals surface area contributed by atoms with Crippen LogP contribution >= 0.6 is 7.75 Å². The van der Waals surface area contributed by atoms with E-state index in [-0.39, 0.29) is 5.41 Å². The van der Waals surface area contributed by atoms with Crippen LogP contribution in [-0.4, -0.2) is 26.8 Å². The van der Waals surface area contributed by atoms with Gasteiger partial charge < -0.3 is 5.73 Å². The second-order valence-electron chi connectivity index (χ2n) is 7.80. The van der Waals surface area contributed by atoms with Crippen LogP contribution in [0.15, 0.2) is 48.5 Å². The minimum absolute atomic E-state index is 0.224. The van der Waals surface area contributed by atoms with E-state index >= 15 is 0 Å². The highest BCUT2D eigenvalue weighted by molar-refractivity contribution is 7.51. The van der Waals surface area contributed by atoms with E-state index in [1.807, 2.05) is 0 Å². The van der Waals surface area contributed by atoms with Gasteiger partial charge in [0, 0.05) is 11.3 Å². The Kier molecular flexibility index (Phi) is 7.89. The average Bonchev–Trinajstić information content (AvgIpc) is 2.79. The predicted octanol–water partition coefficient (Wildman–Crippen LogP) is 5.34. The van der Waals surface area contributed by atoms with Crippen LogP contribution in [0.1, 0.15) is 67.7 Å². The van der Waals surface area contributed by atoms with E-state index in [2.05, 4.69) is 53.6 Å². The monoisotopic (exact) mass is 430 g/mol. The van der Waals surface area contributed by atoms with Gasteiger partial charge in [-0.25, -0.2) is 9.65 Å². The van der Waals surface area contributed by atoms with Crippen LogP contribution < -0.4 is 10.8 Å². The van der Waals surface area contributed by atoms with Gasteiger partial charge in [0.05, 0.1) is 13.2 Å².